The molecular weight excluding hydrogens is 274 g/mol. The van der Waals surface area contributed by atoms with E-state index < -0.39 is 5.97 Å². The fourth-order valence-electron chi connectivity index (χ4n) is 1.75. The Morgan fingerprint density at radius 3 is 2.90 bits per heavy atom. The average Bonchev–Trinajstić information content (AvgIpc) is 2.92. The van der Waals surface area contributed by atoms with Crippen LogP contribution in [0.5, 0.6) is 5.75 Å². The molecule has 0 amide bonds. The number of ether oxygens (including phenoxy) is 2. The third-order valence-electron chi connectivity index (χ3n) is 2.69. The second-order valence-corrected chi connectivity index (χ2v) is 5.19. The van der Waals surface area contributed by atoms with Crippen LogP contribution in [0.4, 0.5) is 5.69 Å². The summed E-state index contributed by atoms with van der Waals surface area (Å²) in [5.74, 6) is 0.0821. The van der Waals surface area contributed by atoms with Crippen LogP contribution >= 0.6 is 11.3 Å². The Kier molecular flexibility index (Phi) is 5.01. The van der Waals surface area contributed by atoms with Crippen molar-refractivity contribution < 1.29 is 14.3 Å². The monoisotopic (exact) mass is 291 g/mol. The summed E-state index contributed by atoms with van der Waals surface area (Å²) < 4.78 is 10.7. The summed E-state index contributed by atoms with van der Waals surface area (Å²) in [6.45, 7) is 2.60. The summed E-state index contributed by atoms with van der Waals surface area (Å²) >= 11 is 1.68. The van der Waals surface area contributed by atoms with Crippen molar-refractivity contribution in [3.63, 3.8) is 0 Å². The van der Waals surface area contributed by atoms with E-state index in [0.29, 0.717) is 30.2 Å². The van der Waals surface area contributed by atoms with E-state index in [1.807, 2.05) is 11.4 Å². The molecule has 4 nitrogen and oxygen atoms in total. The number of esters is 1. The molecule has 0 atom stereocenters. The van der Waals surface area contributed by atoms with Gasteiger partial charge in [0.25, 0.3) is 0 Å². The van der Waals surface area contributed by atoms with Gasteiger partial charge in [-0.15, -0.1) is 11.3 Å². The van der Waals surface area contributed by atoms with Crippen LogP contribution in [0.15, 0.2) is 35.7 Å². The predicted molar refractivity (Wildman–Crippen MR) is 80.3 cm³/mol. The number of carbonyl (C=O) groups is 1. The molecule has 2 aromatic rings. The van der Waals surface area contributed by atoms with Crippen LogP contribution in [0.3, 0.4) is 0 Å². The van der Waals surface area contributed by atoms with Gasteiger partial charge >= 0.3 is 5.97 Å². The van der Waals surface area contributed by atoms with Crippen molar-refractivity contribution in [1.29, 1.82) is 0 Å². The number of nitrogen functional groups attached to an aromatic ring is 1. The fourth-order valence-corrected chi connectivity index (χ4v) is 2.44. The molecule has 20 heavy (non-hydrogen) atoms. The van der Waals surface area contributed by atoms with Crippen LogP contribution in [0.1, 0.15) is 22.2 Å². The van der Waals surface area contributed by atoms with E-state index in [1.54, 1.807) is 36.5 Å². The van der Waals surface area contributed by atoms with Gasteiger partial charge in [-0.3, -0.25) is 0 Å². The van der Waals surface area contributed by atoms with Crippen molar-refractivity contribution >= 4 is 23.0 Å². The fraction of sp³-hybridized carbons (Fsp3) is 0.267. The molecule has 0 aliphatic rings. The Hall–Kier alpha value is -2.01. The zero-order valence-corrected chi connectivity index (χ0v) is 12.1. The smallest absolute Gasteiger partial charge is 0.341 e. The van der Waals surface area contributed by atoms with E-state index in [1.165, 1.54) is 4.88 Å². The highest BCUT2D eigenvalue weighted by molar-refractivity contribution is 7.09. The summed E-state index contributed by atoms with van der Waals surface area (Å²) in [6, 6.07) is 9.01. The SMILES string of the molecule is CCOC(=O)c1ccc(N)cc1OCCc1cccs1. The zero-order chi connectivity index (χ0) is 14.4. The quantitative estimate of drug-likeness (QED) is 0.656. The highest BCUT2D eigenvalue weighted by Gasteiger charge is 2.14. The lowest BCUT2D eigenvalue weighted by Gasteiger charge is -2.11. The number of thiophene rings is 1. The number of hydrogen-bond acceptors (Lipinski definition) is 5. The molecule has 0 spiro atoms. The highest BCUT2D eigenvalue weighted by Crippen LogP contribution is 2.23. The van der Waals surface area contributed by atoms with Gasteiger partial charge in [-0.1, -0.05) is 6.07 Å². The van der Waals surface area contributed by atoms with Crippen LogP contribution in [-0.2, 0) is 11.2 Å². The number of rotatable bonds is 6. The maximum Gasteiger partial charge on any atom is 0.341 e. The van der Waals surface area contributed by atoms with Crippen molar-refractivity contribution in [2.45, 2.75) is 13.3 Å². The molecule has 0 saturated carbocycles. The number of anilines is 1. The van der Waals surface area contributed by atoms with E-state index in [2.05, 4.69) is 6.07 Å². The van der Waals surface area contributed by atoms with E-state index in [4.69, 9.17) is 15.2 Å². The van der Waals surface area contributed by atoms with Crippen LogP contribution < -0.4 is 10.5 Å². The lowest BCUT2D eigenvalue weighted by molar-refractivity contribution is 0.0522. The summed E-state index contributed by atoms with van der Waals surface area (Å²) in [5.41, 5.74) is 6.71. The molecule has 5 heteroatoms. The van der Waals surface area contributed by atoms with Crippen molar-refractivity contribution in [1.82, 2.24) is 0 Å². The first-order valence-corrected chi connectivity index (χ1v) is 7.30. The van der Waals surface area contributed by atoms with Gasteiger partial charge in [0, 0.05) is 23.1 Å². The summed E-state index contributed by atoms with van der Waals surface area (Å²) in [6.07, 6.45) is 0.800. The van der Waals surface area contributed by atoms with Crippen LogP contribution in [-0.4, -0.2) is 19.2 Å². The molecule has 2 N–H and O–H groups in total. The summed E-state index contributed by atoms with van der Waals surface area (Å²) in [5, 5.41) is 2.03. The molecule has 0 aliphatic heterocycles. The minimum atomic E-state index is -0.390. The number of nitrogens with two attached hydrogens (primary N) is 1. The lowest BCUT2D eigenvalue weighted by Crippen LogP contribution is -2.09. The second kappa shape index (κ2) is 6.96. The maximum absolute atomic E-state index is 11.8. The molecule has 0 fully saturated rings. The molecule has 0 saturated heterocycles. The lowest BCUT2D eigenvalue weighted by atomic mass is 10.2. The van der Waals surface area contributed by atoms with E-state index in [9.17, 15) is 4.79 Å². The largest absolute Gasteiger partial charge is 0.492 e. The Bertz CT molecular complexity index is 567. The minimum absolute atomic E-state index is 0.331. The molecule has 1 aromatic heterocycles. The first kappa shape index (κ1) is 14.4. The van der Waals surface area contributed by atoms with E-state index in [0.717, 1.165) is 6.42 Å². The third-order valence-corrected chi connectivity index (χ3v) is 3.62. The Morgan fingerprint density at radius 1 is 1.35 bits per heavy atom. The predicted octanol–water partition coefficient (Wildman–Crippen LogP) is 3.13. The van der Waals surface area contributed by atoms with E-state index in [-0.39, 0.29) is 0 Å². The standard InChI is InChI=1S/C15H17NO3S/c1-2-18-15(17)13-6-5-11(16)10-14(13)19-8-7-12-4-3-9-20-12/h3-6,9-10H,2,7-8,16H2,1H3. The van der Waals surface area contributed by atoms with Crippen molar-refractivity contribution in [3.05, 3.63) is 46.2 Å². The highest BCUT2D eigenvalue weighted by atomic mass is 32.1. The molecule has 0 aliphatic carbocycles. The average molecular weight is 291 g/mol. The minimum Gasteiger partial charge on any atom is -0.492 e. The number of hydrogen-bond donors (Lipinski definition) is 1. The number of benzene rings is 1. The summed E-state index contributed by atoms with van der Waals surface area (Å²) in [4.78, 5) is 13.1. The molecule has 0 radical (unpaired) electrons. The molecule has 2 rings (SSSR count). The van der Waals surface area contributed by atoms with Gasteiger partial charge in [0.15, 0.2) is 0 Å². The van der Waals surface area contributed by atoms with Crippen molar-refractivity contribution in [2.75, 3.05) is 18.9 Å². The zero-order valence-electron chi connectivity index (χ0n) is 11.3. The van der Waals surface area contributed by atoms with E-state index >= 15 is 0 Å². The molecule has 0 unspecified atom stereocenters. The molecule has 0 bridgehead atoms. The molecule has 1 aromatic carbocycles. The topological polar surface area (TPSA) is 61.5 Å². The Balaban J connectivity index is 2.05. The first-order chi connectivity index (χ1) is 9.70. The van der Waals surface area contributed by atoms with Gasteiger partial charge in [-0.2, -0.15) is 0 Å². The molecule has 1 heterocycles. The van der Waals surface area contributed by atoms with Crippen molar-refractivity contribution in [3.8, 4) is 5.75 Å². The Morgan fingerprint density at radius 2 is 2.20 bits per heavy atom. The molecule has 106 valence electrons. The van der Waals surface area contributed by atoms with Gasteiger partial charge in [0.05, 0.1) is 13.2 Å². The third kappa shape index (κ3) is 3.74. The number of carbonyl (C=O) groups excluding carboxylic acids is 1. The second-order valence-electron chi connectivity index (χ2n) is 4.15. The van der Waals surface area contributed by atoms with Crippen LogP contribution in [0.25, 0.3) is 0 Å². The summed E-state index contributed by atoms with van der Waals surface area (Å²) in [7, 11) is 0. The van der Waals surface area contributed by atoms with Gasteiger partial charge in [0.1, 0.15) is 11.3 Å². The normalized spacial score (nSPS) is 10.2. The van der Waals surface area contributed by atoms with Crippen LogP contribution in [0.2, 0.25) is 0 Å². The maximum atomic E-state index is 11.8. The van der Waals surface area contributed by atoms with Gasteiger partial charge < -0.3 is 15.2 Å². The first-order valence-electron chi connectivity index (χ1n) is 6.42. The molecular formula is C15H17NO3S. The Labute approximate surface area is 122 Å². The van der Waals surface area contributed by atoms with Gasteiger partial charge in [0.2, 0.25) is 0 Å². The van der Waals surface area contributed by atoms with Crippen molar-refractivity contribution in [2.24, 2.45) is 0 Å². The van der Waals surface area contributed by atoms with Gasteiger partial charge in [-0.25, -0.2) is 4.79 Å². The van der Waals surface area contributed by atoms with Gasteiger partial charge in [-0.05, 0) is 30.5 Å². The van der Waals surface area contributed by atoms with Crippen LogP contribution in [0, 0.1) is 0 Å².